The monoisotopic (exact) mass is 542 g/mol. The number of hydrogen-bond acceptors (Lipinski definition) is 9. The highest BCUT2D eigenvalue weighted by molar-refractivity contribution is 7.19. The number of thiophene rings is 1. The number of nitrogens with two attached hydrogens (primary N) is 1. The minimum atomic E-state index is -0.0698. The van der Waals surface area contributed by atoms with Crippen LogP contribution in [0.3, 0.4) is 0 Å². The fraction of sp³-hybridized carbons (Fsp3) is 0.423. The van der Waals surface area contributed by atoms with Crippen LogP contribution in [-0.2, 0) is 22.6 Å². The molecule has 1 fully saturated rings. The summed E-state index contributed by atoms with van der Waals surface area (Å²) in [6.45, 7) is 7.78. The molecule has 1 aromatic carbocycles. The molecule has 11 heteroatoms. The average molecular weight is 543 g/mol. The van der Waals surface area contributed by atoms with Crippen LogP contribution in [0, 0.1) is 11.3 Å². The number of nitrogen functional groups attached to an aromatic ring is 1. The van der Waals surface area contributed by atoms with E-state index in [1.807, 2.05) is 43.0 Å². The number of carbonyl (C=O) groups excluding carboxylic acids is 1. The normalized spacial score (nSPS) is 16.5. The van der Waals surface area contributed by atoms with Gasteiger partial charge in [-0.15, -0.1) is 11.3 Å². The molecule has 0 radical (unpaired) electrons. The summed E-state index contributed by atoms with van der Waals surface area (Å²) in [6.07, 6.45) is 0.171. The maximum absolute atomic E-state index is 13.3. The number of anilines is 1. The molecule has 37 heavy (non-hydrogen) atoms. The molecule has 1 saturated heterocycles. The molecule has 3 heterocycles. The van der Waals surface area contributed by atoms with Crippen molar-refractivity contribution in [1.29, 1.82) is 5.26 Å². The molecular weight excluding hydrogens is 512 g/mol. The van der Waals surface area contributed by atoms with E-state index in [2.05, 4.69) is 21.4 Å². The summed E-state index contributed by atoms with van der Waals surface area (Å²) in [5.74, 6) is 0.687. The van der Waals surface area contributed by atoms with Gasteiger partial charge in [0.2, 0.25) is 5.91 Å². The largest absolute Gasteiger partial charge is 0.398 e. The second-order valence-corrected chi connectivity index (χ2v) is 11.0. The quantitative estimate of drug-likeness (QED) is 0.278. The van der Waals surface area contributed by atoms with Gasteiger partial charge in [-0.2, -0.15) is 5.26 Å². The molecule has 196 valence electrons. The van der Waals surface area contributed by atoms with Gasteiger partial charge >= 0.3 is 0 Å². The summed E-state index contributed by atoms with van der Waals surface area (Å²) in [7, 11) is 0. The lowest BCUT2D eigenvalue weighted by Crippen LogP contribution is -2.58. The molecule has 0 aliphatic carbocycles. The van der Waals surface area contributed by atoms with Crippen LogP contribution in [0.15, 0.2) is 40.9 Å². The summed E-state index contributed by atoms with van der Waals surface area (Å²) in [4.78, 5) is 18.2. The van der Waals surface area contributed by atoms with Crippen molar-refractivity contribution in [2.45, 2.75) is 39.1 Å². The topological polar surface area (TPSA) is 121 Å². The van der Waals surface area contributed by atoms with Gasteiger partial charge in [0.05, 0.1) is 45.8 Å². The van der Waals surface area contributed by atoms with Crippen LogP contribution in [0.2, 0.25) is 4.34 Å². The van der Waals surface area contributed by atoms with Gasteiger partial charge < -0.3 is 25.2 Å². The SMILES string of the molecule is CC(C)OCCNC[C@@H]1CN(Cc2cc(-c3ccc(Cl)s3)on2)CC(=O)N1Cc1ccc(C#N)c(N)c1. The Bertz CT molecular complexity index is 1250. The number of aromatic nitrogens is 1. The first kappa shape index (κ1) is 27.1. The van der Waals surface area contributed by atoms with Crippen LogP contribution in [0.5, 0.6) is 0 Å². The zero-order valence-corrected chi connectivity index (χ0v) is 22.5. The zero-order valence-electron chi connectivity index (χ0n) is 20.9. The van der Waals surface area contributed by atoms with Crippen molar-refractivity contribution >= 4 is 34.5 Å². The summed E-state index contributed by atoms with van der Waals surface area (Å²) >= 11 is 7.48. The Balaban J connectivity index is 1.44. The van der Waals surface area contributed by atoms with E-state index in [-0.39, 0.29) is 24.6 Å². The van der Waals surface area contributed by atoms with Gasteiger partial charge in [-0.05, 0) is 43.7 Å². The highest BCUT2D eigenvalue weighted by Crippen LogP contribution is 2.31. The molecule has 1 aliphatic rings. The third-order valence-corrected chi connectivity index (χ3v) is 7.29. The lowest BCUT2D eigenvalue weighted by Gasteiger charge is -2.41. The molecule has 1 atom stereocenters. The number of amides is 1. The van der Waals surface area contributed by atoms with E-state index in [0.717, 1.165) is 16.1 Å². The minimum absolute atomic E-state index is 0.0215. The predicted octanol–water partition coefficient (Wildman–Crippen LogP) is 3.74. The Hall–Kier alpha value is -2.94. The molecule has 0 unspecified atom stereocenters. The molecule has 3 aromatic rings. The van der Waals surface area contributed by atoms with Crippen molar-refractivity contribution in [2.75, 3.05) is 38.5 Å². The zero-order chi connectivity index (χ0) is 26.4. The van der Waals surface area contributed by atoms with E-state index in [9.17, 15) is 10.1 Å². The number of piperazine rings is 1. The molecule has 0 spiro atoms. The molecule has 1 amide bonds. The molecule has 3 N–H and O–H groups in total. The highest BCUT2D eigenvalue weighted by atomic mass is 35.5. The van der Waals surface area contributed by atoms with E-state index < -0.39 is 0 Å². The molecule has 4 rings (SSSR count). The Morgan fingerprint density at radius 2 is 2.16 bits per heavy atom. The second-order valence-electron chi connectivity index (χ2n) is 9.29. The van der Waals surface area contributed by atoms with Crippen molar-refractivity contribution in [3.8, 4) is 16.7 Å². The first-order chi connectivity index (χ1) is 17.8. The molecule has 9 nitrogen and oxygen atoms in total. The summed E-state index contributed by atoms with van der Waals surface area (Å²) in [5, 5.41) is 16.8. The van der Waals surface area contributed by atoms with Gasteiger partial charge in [0.25, 0.3) is 0 Å². The van der Waals surface area contributed by atoms with E-state index in [4.69, 9.17) is 26.6 Å². The lowest BCUT2D eigenvalue weighted by molar-refractivity contribution is -0.140. The first-order valence-corrected chi connectivity index (χ1v) is 13.4. The van der Waals surface area contributed by atoms with Crippen molar-refractivity contribution in [2.24, 2.45) is 0 Å². The van der Waals surface area contributed by atoms with Gasteiger partial charge in [-0.1, -0.05) is 22.8 Å². The molecule has 2 aromatic heterocycles. The Labute approximate surface area is 225 Å². The summed E-state index contributed by atoms with van der Waals surface area (Å²) in [6, 6.07) is 13.0. The number of hydrogen-bond donors (Lipinski definition) is 2. The average Bonchev–Trinajstić information content (AvgIpc) is 3.49. The van der Waals surface area contributed by atoms with Gasteiger partial charge in [-0.25, -0.2) is 0 Å². The van der Waals surface area contributed by atoms with Crippen LogP contribution in [0.25, 0.3) is 10.6 Å². The smallest absolute Gasteiger partial charge is 0.237 e. The van der Waals surface area contributed by atoms with Gasteiger partial charge in [0, 0.05) is 44.5 Å². The molecule has 1 aliphatic heterocycles. The first-order valence-electron chi connectivity index (χ1n) is 12.2. The van der Waals surface area contributed by atoms with Crippen molar-refractivity contribution in [3.63, 3.8) is 0 Å². The van der Waals surface area contributed by atoms with E-state index in [1.54, 1.807) is 12.1 Å². The van der Waals surface area contributed by atoms with Crippen LogP contribution >= 0.6 is 22.9 Å². The van der Waals surface area contributed by atoms with Gasteiger partial charge in [0.1, 0.15) is 6.07 Å². The predicted molar refractivity (Wildman–Crippen MR) is 144 cm³/mol. The van der Waals surface area contributed by atoms with E-state index in [1.165, 1.54) is 11.3 Å². The van der Waals surface area contributed by atoms with Crippen molar-refractivity contribution < 1.29 is 14.1 Å². The maximum atomic E-state index is 13.3. The number of nitriles is 1. The van der Waals surface area contributed by atoms with Crippen LogP contribution in [0.1, 0.15) is 30.7 Å². The van der Waals surface area contributed by atoms with Crippen LogP contribution in [0.4, 0.5) is 5.69 Å². The molecule has 0 saturated carbocycles. The fourth-order valence-electron chi connectivity index (χ4n) is 4.28. The Morgan fingerprint density at radius 1 is 1.32 bits per heavy atom. The fourth-order valence-corrected chi connectivity index (χ4v) is 5.27. The lowest BCUT2D eigenvalue weighted by atomic mass is 10.1. The van der Waals surface area contributed by atoms with E-state index >= 15 is 0 Å². The number of carbonyl (C=O) groups is 1. The molecular formula is C26H31ClN6O3S. The van der Waals surface area contributed by atoms with Crippen LogP contribution < -0.4 is 11.1 Å². The number of halogens is 1. The van der Waals surface area contributed by atoms with Gasteiger partial charge in [-0.3, -0.25) is 9.69 Å². The third kappa shape index (κ3) is 7.31. The molecule has 0 bridgehead atoms. The Kier molecular flexibility index (Phi) is 9.18. The number of nitrogens with zero attached hydrogens (tertiary/aromatic N) is 4. The standard InChI is InChI=1S/C26H31ClN6O3S/c1-17(2)35-8-7-30-12-21-15-32(14-20-10-23(36-31-20)24-5-6-25(27)37-24)16-26(34)33(21)13-18-3-4-19(11-28)22(29)9-18/h3-6,9-10,17,21,30H,7-8,12-16,29H2,1-2H3/t21-/m1/s1. The van der Waals surface area contributed by atoms with Gasteiger partial charge in [0.15, 0.2) is 5.76 Å². The summed E-state index contributed by atoms with van der Waals surface area (Å²) < 4.78 is 11.8. The number of nitrogens with one attached hydrogen (secondary N) is 1. The number of rotatable bonds is 11. The van der Waals surface area contributed by atoms with E-state index in [0.29, 0.717) is 60.7 Å². The minimum Gasteiger partial charge on any atom is -0.398 e. The Morgan fingerprint density at radius 3 is 2.86 bits per heavy atom. The highest BCUT2D eigenvalue weighted by Gasteiger charge is 2.33. The number of benzene rings is 1. The summed E-state index contributed by atoms with van der Waals surface area (Å²) in [5.41, 5.74) is 8.52. The maximum Gasteiger partial charge on any atom is 0.237 e. The van der Waals surface area contributed by atoms with Crippen molar-refractivity contribution in [1.82, 2.24) is 20.3 Å². The number of ether oxygens (including phenoxy) is 1. The van der Waals surface area contributed by atoms with Crippen LogP contribution in [-0.4, -0.2) is 65.8 Å². The second kappa shape index (κ2) is 12.5. The third-order valence-electron chi connectivity index (χ3n) is 6.05. The van der Waals surface area contributed by atoms with Crippen molar-refractivity contribution in [3.05, 3.63) is 57.6 Å².